The van der Waals surface area contributed by atoms with Gasteiger partial charge in [0, 0.05) is 13.1 Å². The normalized spacial score (nSPS) is 23.1. The molecule has 0 saturated heterocycles. The number of rotatable bonds is 4. The van der Waals surface area contributed by atoms with Crippen LogP contribution in [0.4, 0.5) is 5.82 Å². The maximum Gasteiger partial charge on any atom is 0.209 e. The fourth-order valence-electron chi connectivity index (χ4n) is 3.66. The van der Waals surface area contributed by atoms with Crippen LogP contribution in [0.3, 0.4) is 0 Å². The largest absolute Gasteiger partial charge is 0.378 e. The molecule has 1 saturated carbocycles. The van der Waals surface area contributed by atoms with E-state index in [1.165, 1.54) is 0 Å². The standard InChI is InChI=1S/C20H29N5O/c1-5-15(6-2)22-18-17-19(25(4)13-21-17)24-16(23-18)9-11-20(26)10-7-8-14(3)12-20/h13-15,26H,5-8,10,12H2,1-4H3,(H,22,23,24)/t14-,20-/m1/s1. The molecule has 0 aliphatic heterocycles. The van der Waals surface area contributed by atoms with Gasteiger partial charge in [-0.05, 0) is 43.9 Å². The molecule has 1 fully saturated rings. The van der Waals surface area contributed by atoms with Gasteiger partial charge in [0.1, 0.15) is 5.60 Å². The summed E-state index contributed by atoms with van der Waals surface area (Å²) in [7, 11) is 1.91. The predicted molar refractivity (Wildman–Crippen MR) is 104 cm³/mol. The van der Waals surface area contributed by atoms with E-state index in [2.05, 4.69) is 52.9 Å². The fraction of sp³-hybridized carbons (Fsp3) is 0.650. The molecule has 2 heterocycles. The lowest BCUT2D eigenvalue weighted by Crippen LogP contribution is -2.32. The minimum atomic E-state index is -0.925. The van der Waals surface area contributed by atoms with Gasteiger partial charge in [0.15, 0.2) is 17.0 Å². The molecule has 6 nitrogen and oxygen atoms in total. The third-order valence-corrected chi connectivity index (χ3v) is 5.27. The Morgan fingerprint density at radius 1 is 1.38 bits per heavy atom. The summed E-state index contributed by atoms with van der Waals surface area (Å²) in [5.74, 6) is 7.73. The van der Waals surface area contributed by atoms with Gasteiger partial charge < -0.3 is 15.0 Å². The number of aromatic nitrogens is 4. The zero-order chi connectivity index (χ0) is 18.7. The van der Waals surface area contributed by atoms with Crippen molar-refractivity contribution in [3.8, 4) is 11.8 Å². The molecule has 0 spiro atoms. The van der Waals surface area contributed by atoms with Gasteiger partial charge in [0.05, 0.1) is 6.33 Å². The van der Waals surface area contributed by atoms with Crippen LogP contribution < -0.4 is 5.32 Å². The molecular formula is C20H29N5O. The van der Waals surface area contributed by atoms with Crippen molar-refractivity contribution in [1.82, 2.24) is 19.5 Å². The lowest BCUT2D eigenvalue weighted by atomic mass is 9.79. The first-order valence-corrected chi connectivity index (χ1v) is 9.65. The second-order valence-corrected chi connectivity index (χ2v) is 7.56. The zero-order valence-electron chi connectivity index (χ0n) is 16.2. The Balaban J connectivity index is 1.96. The van der Waals surface area contributed by atoms with Crippen molar-refractivity contribution in [3.05, 3.63) is 12.2 Å². The number of nitrogens with one attached hydrogen (secondary N) is 1. The third-order valence-electron chi connectivity index (χ3n) is 5.27. The summed E-state index contributed by atoms with van der Waals surface area (Å²) in [6, 6.07) is 0.333. The lowest BCUT2D eigenvalue weighted by molar-refractivity contribution is 0.0410. The second-order valence-electron chi connectivity index (χ2n) is 7.56. The summed E-state index contributed by atoms with van der Waals surface area (Å²) in [5.41, 5.74) is 0.586. The number of aliphatic hydroxyl groups is 1. The van der Waals surface area contributed by atoms with Gasteiger partial charge in [-0.2, -0.15) is 0 Å². The van der Waals surface area contributed by atoms with E-state index in [9.17, 15) is 5.11 Å². The quantitative estimate of drug-likeness (QED) is 0.824. The van der Waals surface area contributed by atoms with Crippen molar-refractivity contribution in [1.29, 1.82) is 0 Å². The molecule has 3 rings (SSSR count). The molecule has 0 amide bonds. The fourth-order valence-corrected chi connectivity index (χ4v) is 3.66. The summed E-state index contributed by atoms with van der Waals surface area (Å²) < 4.78 is 1.87. The molecule has 140 valence electrons. The van der Waals surface area contributed by atoms with Crippen LogP contribution in [0.15, 0.2) is 6.33 Å². The number of anilines is 1. The molecule has 0 radical (unpaired) electrons. The van der Waals surface area contributed by atoms with Crippen LogP contribution >= 0.6 is 0 Å². The summed E-state index contributed by atoms with van der Waals surface area (Å²) in [6.45, 7) is 6.47. The second kappa shape index (κ2) is 7.63. The summed E-state index contributed by atoms with van der Waals surface area (Å²) in [4.78, 5) is 13.6. The van der Waals surface area contributed by atoms with Crippen LogP contribution in [-0.4, -0.2) is 36.3 Å². The van der Waals surface area contributed by atoms with Gasteiger partial charge >= 0.3 is 0 Å². The van der Waals surface area contributed by atoms with E-state index >= 15 is 0 Å². The molecule has 2 aromatic rings. The van der Waals surface area contributed by atoms with Crippen LogP contribution in [0.5, 0.6) is 0 Å². The monoisotopic (exact) mass is 355 g/mol. The van der Waals surface area contributed by atoms with Crippen molar-refractivity contribution in [3.63, 3.8) is 0 Å². The Kier molecular flexibility index (Phi) is 5.47. The zero-order valence-corrected chi connectivity index (χ0v) is 16.2. The van der Waals surface area contributed by atoms with E-state index < -0.39 is 5.60 Å². The van der Waals surface area contributed by atoms with Crippen LogP contribution in [-0.2, 0) is 7.05 Å². The summed E-state index contributed by atoms with van der Waals surface area (Å²) in [6.07, 6.45) is 7.36. The van der Waals surface area contributed by atoms with Crippen LogP contribution in [0.25, 0.3) is 11.2 Å². The minimum absolute atomic E-state index is 0.333. The lowest BCUT2D eigenvalue weighted by Gasteiger charge is -2.30. The van der Waals surface area contributed by atoms with Gasteiger partial charge in [-0.1, -0.05) is 33.1 Å². The first-order valence-electron chi connectivity index (χ1n) is 9.65. The number of nitrogens with zero attached hydrogens (tertiary/aromatic N) is 4. The van der Waals surface area contributed by atoms with E-state index in [1.54, 1.807) is 6.33 Å². The van der Waals surface area contributed by atoms with Crippen LogP contribution in [0, 0.1) is 17.8 Å². The van der Waals surface area contributed by atoms with E-state index in [4.69, 9.17) is 0 Å². The van der Waals surface area contributed by atoms with Gasteiger partial charge in [-0.15, -0.1) is 0 Å². The average molecular weight is 355 g/mol. The highest BCUT2D eigenvalue weighted by Gasteiger charge is 2.30. The number of imidazole rings is 1. The number of fused-ring (bicyclic) bond motifs is 1. The summed E-state index contributed by atoms with van der Waals surface area (Å²) in [5, 5.41) is 14.2. The van der Waals surface area contributed by atoms with Crippen molar-refractivity contribution in [2.45, 2.75) is 70.9 Å². The van der Waals surface area contributed by atoms with Gasteiger partial charge in [0.25, 0.3) is 0 Å². The van der Waals surface area contributed by atoms with E-state index in [1.807, 2.05) is 11.6 Å². The number of hydrogen-bond acceptors (Lipinski definition) is 5. The van der Waals surface area contributed by atoms with Crippen molar-refractivity contribution in [2.24, 2.45) is 13.0 Å². The Morgan fingerprint density at radius 2 is 2.15 bits per heavy atom. The maximum absolute atomic E-state index is 10.8. The molecule has 1 aliphatic carbocycles. The predicted octanol–water partition coefficient (Wildman–Crippen LogP) is 3.26. The highest BCUT2D eigenvalue weighted by atomic mass is 16.3. The molecule has 2 atom stereocenters. The molecule has 26 heavy (non-hydrogen) atoms. The topological polar surface area (TPSA) is 75.9 Å². The Morgan fingerprint density at radius 3 is 2.85 bits per heavy atom. The Hall–Kier alpha value is -2.13. The van der Waals surface area contributed by atoms with E-state index in [0.717, 1.165) is 49.1 Å². The minimum Gasteiger partial charge on any atom is -0.378 e. The smallest absolute Gasteiger partial charge is 0.209 e. The molecule has 1 aliphatic rings. The van der Waals surface area contributed by atoms with Crippen molar-refractivity contribution < 1.29 is 5.11 Å². The molecule has 0 bridgehead atoms. The Labute approximate surface area is 155 Å². The number of aryl methyl sites for hydroxylation is 1. The maximum atomic E-state index is 10.8. The molecule has 0 unspecified atom stereocenters. The van der Waals surface area contributed by atoms with Crippen molar-refractivity contribution >= 4 is 17.0 Å². The van der Waals surface area contributed by atoms with Crippen LogP contribution in [0.2, 0.25) is 0 Å². The molecule has 6 heteroatoms. The molecule has 0 aromatic carbocycles. The summed E-state index contributed by atoms with van der Waals surface area (Å²) >= 11 is 0. The van der Waals surface area contributed by atoms with Crippen molar-refractivity contribution in [2.75, 3.05) is 5.32 Å². The highest BCUT2D eigenvalue weighted by molar-refractivity contribution is 5.83. The Bertz CT molecular complexity index is 830. The van der Waals surface area contributed by atoms with Gasteiger partial charge in [-0.3, -0.25) is 0 Å². The number of hydrogen-bond donors (Lipinski definition) is 2. The SMILES string of the molecule is CCC(CC)Nc1nc(C#C[C@]2(O)CCC[C@@H](C)C2)nc2c1ncn2C. The van der Waals surface area contributed by atoms with E-state index in [-0.39, 0.29) is 0 Å². The van der Waals surface area contributed by atoms with E-state index in [0.29, 0.717) is 24.2 Å². The van der Waals surface area contributed by atoms with Gasteiger partial charge in [0.2, 0.25) is 5.82 Å². The highest BCUT2D eigenvalue weighted by Crippen LogP contribution is 2.31. The third kappa shape index (κ3) is 3.99. The molecular weight excluding hydrogens is 326 g/mol. The van der Waals surface area contributed by atoms with Gasteiger partial charge in [-0.25, -0.2) is 15.0 Å². The average Bonchev–Trinajstić information content (AvgIpc) is 2.99. The van der Waals surface area contributed by atoms with Crippen LogP contribution in [0.1, 0.15) is 65.1 Å². The first kappa shape index (κ1) is 18.7. The molecule has 2 aromatic heterocycles. The molecule has 2 N–H and O–H groups in total. The first-order chi connectivity index (χ1) is 12.4.